The highest BCUT2D eigenvalue weighted by Crippen LogP contribution is 2.22. The van der Waals surface area contributed by atoms with Crippen LogP contribution in [0.15, 0.2) is 24.3 Å². The second-order valence-corrected chi connectivity index (χ2v) is 5.19. The Morgan fingerprint density at radius 2 is 2.00 bits per heavy atom. The summed E-state index contributed by atoms with van der Waals surface area (Å²) >= 11 is 6.12. The lowest BCUT2D eigenvalue weighted by molar-refractivity contribution is -0.144. The number of hydrogen-bond acceptors (Lipinski definition) is 3. The summed E-state index contributed by atoms with van der Waals surface area (Å²) in [5.74, 6) is -0.205. The zero-order valence-electron chi connectivity index (χ0n) is 12.3. The lowest BCUT2D eigenvalue weighted by atomic mass is 10.1. The van der Waals surface area contributed by atoms with Crippen molar-refractivity contribution in [2.75, 3.05) is 11.9 Å². The van der Waals surface area contributed by atoms with Crippen LogP contribution < -0.4 is 5.32 Å². The highest BCUT2D eigenvalue weighted by Gasteiger charge is 2.19. The van der Waals surface area contributed by atoms with Crippen LogP contribution in [0.25, 0.3) is 0 Å². The Labute approximate surface area is 126 Å². The molecule has 20 heavy (non-hydrogen) atoms. The Hall–Kier alpha value is -1.22. The van der Waals surface area contributed by atoms with Crippen molar-refractivity contribution in [1.29, 1.82) is 0 Å². The van der Waals surface area contributed by atoms with Gasteiger partial charge in [-0.3, -0.25) is 0 Å². The van der Waals surface area contributed by atoms with E-state index >= 15 is 0 Å². The number of halogens is 1. The Balaban J connectivity index is 2.62. The van der Waals surface area contributed by atoms with Crippen molar-refractivity contribution in [2.24, 2.45) is 0 Å². The maximum atomic E-state index is 12.0. The molecule has 0 saturated carbocycles. The molecule has 0 heterocycles. The van der Waals surface area contributed by atoms with Crippen LogP contribution in [0.2, 0.25) is 5.02 Å². The number of para-hydroxylation sites is 1. The van der Waals surface area contributed by atoms with Gasteiger partial charge in [0.15, 0.2) is 0 Å². The average molecular weight is 298 g/mol. The maximum absolute atomic E-state index is 12.0. The molecule has 4 heteroatoms. The van der Waals surface area contributed by atoms with E-state index in [1.165, 1.54) is 12.8 Å². The summed E-state index contributed by atoms with van der Waals surface area (Å²) in [6.45, 7) is 4.39. The van der Waals surface area contributed by atoms with Crippen LogP contribution in [0.5, 0.6) is 0 Å². The van der Waals surface area contributed by atoms with Gasteiger partial charge in [0.2, 0.25) is 0 Å². The van der Waals surface area contributed by atoms with Gasteiger partial charge in [-0.2, -0.15) is 0 Å². The van der Waals surface area contributed by atoms with Crippen molar-refractivity contribution in [1.82, 2.24) is 0 Å². The molecular weight excluding hydrogens is 274 g/mol. The SMILES string of the molecule is CCCCCCC(Nc1ccccc1Cl)C(=O)OCC. The van der Waals surface area contributed by atoms with Gasteiger partial charge in [-0.05, 0) is 25.5 Å². The Morgan fingerprint density at radius 3 is 2.65 bits per heavy atom. The van der Waals surface area contributed by atoms with Gasteiger partial charge in [-0.1, -0.05) is 56.3 Å². The summed E-state index contributed by atoms with van der Waals surface area (Å²) in [7, 11) is 0. The molecule has 0 fully saturated rings. The fraction of sp³-hybridized carbons (Fsp3) is 0.562. The van der Waals surface area contributed by atoms with E-state index in [2.05, 4.69) is 12.2 Å². The quantitative estimate of drug-likeness (QED) is 0.532. The molecule has 0 aliphatic heterocycles. The molecule has 0 bridgehead atoms. The second-order valence-electron chi connectivity index (χ2n) is 4.78. The Kier molecular flexibility index (Phi) is 8.12. The van der Waals surface area contributed by atoms with Gasteiger partial charge in [-0.15, -0.1) is 0 Å². The molecular formula is C16H24ClNO2. The molecule has 0 saturated heterocycles. The Bertz CT molecular complexity index is 409. The first kappa shape index (κ1) is 16.8. The third kappa shape index (κ3) is 5.83. The minimum Gasteiger partial charge on any atom is -0.464 e. The summed E-state index contributed by atoms with van der Waals surface area (Å²) in [5, 5.41) is 3.82. The number of carbonyl (C=O) groups excluding carboxylic acids is 1. The average Bonchev–Trinajstić information content (AvgIpc) is 2.44. The fourth-order valence-corrected chi connectivity index (χ4v) is 2.22. The molecule has 0 aromatic heterocycles. The molecule has 1 N–H and O–H groups in total. The minimum absolute atomic E-state index is 0.205. The largest absolute Gasteiger partial charge is 0.464 e. The van der Waals surface area contributed by atoms with Crippen molar-refractivity contribution in [2.45, 2.75) is 52.0 Å². The standard InChI is InChI=1S/C16H24ClNO2/c1-3-5-6-7-12-15(16(19)20-4-2)18-14-11-9-8-10-13(14)17/h8-11,15,18H,3-7,12H2,1-2H3. The number of nitrogens with one attached hydrogen (secondary N) is 1. The van der Waals surface area contributed by atoms with E-state index in [1.54, 1.807) is 0 Å². The highest BCUT2D eigenvalue weighted by atomic mass is 35.5. The number of hydrogen-bond donors (Lipinski definition) is 1. The normalized spacial score (nSPS) is 11.9. The zero-order chi connectivity index (χ0) is 14.8. The van der Waals surface area contributed by atoms with Crippen LogP contribution >= 0.6 is 11.6 Å². The number of carbonyl (C=O) groups is 1. The fourth-order valence-electron chi connectivity index (χ4n) is 2.03. The monoisotopic (exact) mass is 297 g/mol. The molecule has 3 nitrogen and oxygen atoms in total. The predicted octanol–water partition coefficient (Wildman–Crippen LogP) is 4.65. The maximum Gasteiger partial charge on any atom is 0.328 e. The van der Waals surface area contributed by atoms with Crippen molar-refractivity contribution in [3.8, 4) is 0 Å². The number of benzene rings is 1. The van der Waals surface area contributed by atoms with E-state index in [0.29, 0.717) is 11.6 Å². The topological polar surface area (TPSA) is 38.3 Å². The van der Waals surface area contributed by atoms with Crippen LogP contribution in [-0.2, 0) is 9.53 Å². The first-order valence-corrected chi connectivity index (χ1v) is 7.74. The number of unbranched alkanes of at least 4 members (excludes halogenated alkanes) is 3. The van der Waals surface area contributed by atoms with Gasteiger partial charge < -0.3 is 10.1 Å². The number of ether oxygens (including phenoxy) is 1. The van der Waals surface area contributed by atoms with Crippen LogP contribution in [0, 0.1) is 0 Å². The summed E-state index contributed by atoms with van der Waals surface area (Å²) in [4.78, 5) is 12.0. The van der Waals surface area contributed by atoms with Crippen LogP contribution in [-0.4, -0.2) is 18.6 Å². The molecule has 1 aromatic rings. The van der Waals surface area contributed by atoms with Gasteiger partial charge in [0, 0.05) is 0 Å². The molecule has 0 aliphatic carbocycles. The smallest absolute Gasteiger partial charge is 0.328 e. The van der Waals surface area contributed by atoms with Crippen molar-refractivity contribution in [3.63, 3.8) is 0 Å². The van der Waals surface area contributed by atoms with E-state index in [9.17, 15) is 4.79 Å². The molecule has 1 rings (SSSR count). The van der Waals surface area contributed by atoms with Gasteiger partial charge in [0.05, 0.1) is 17.3 Å². The van der Waals surface area contributed by atoms with Crippen LogP contribution in [0.1, 0.15) is 46.0 Å². The number of rotatable bonds is 9. The lowest BCUT2D eigenvalue weighted by Gasteiger charge is -2.19. The summed E-state index contributed by atoms with van der Waals surface area (Å²) in [5.41, 5.74) is 0.780. The number of esters is 1. The number of anilines is 1. The molecule has 1 unspecified atom stereocenters. The molecule has 1 aromatic carbocycles. The third-order valence-corrected chi connectivity index (χ3v) is 3.45. The van der Waals surface area contributed by atoms with Gasteiger partial charge in [-0.25, -0.2) is 4.79 Å². The predicted molar refractivity (Wildman–Crippen MR) is 84.3 cm³/mol. The second kappa shape index (κ2) is 9.65. The minimum atomic E-state index is -0.327. The van der Waals surface area contributed by atoms with E-state index in [0.717, 1.165) is 24.9 Å². The molecule has 0 radical (unpaired) electrons. The van der Waals surface area contributed by atoms with Crippen LogP contribution in [0.3, 0.4) is 0 Å². The van der Waals surface area contributed by atoms with E-state index < -0.39 is 0 Å². The molecule has 0 amide bonds. The van der Waals surface area contributed by atoms with Crippen molar-refractivity contribution < 1.29 is 9.53 Å². The van der Waals surface area contributed by atoms with Crippen molar-refractivity contribution >= 4 is 23.3 Å². The molecule has 112 valence electrons. The van der Waals surface area contributed by atoms with E-state index in [1.807, 2.05) is 31.2 Å². The van der Waals surface area contributed by atoms with E-state index in [4.69, 9.17) is 16.3 Å². The van der Waals surface area contributed by atoms with Gasteiger partial charge >= 0.3 is 5.97 Å². The highest BCUT2D eigenvalue weighted by molar-refractivity contribution is 6.33. The Morgan fingerprint density at radius 1 is 1.25 bits per heavy atom. The lowest BCUT2D eigenvalue weighted by Crippen LogP contribution is -2.31. The van der Waals surface area contributed by atoms with E-state index in [-0.39, 0.29) is 12.0 Å². The van der Waals surface area contributed by atoms with Gasteiger partial charge in [0.1, 0.15) is 6.04 Å². The first-order valence-electron chi connectivity index (χ1n) is 7.36. The third-order valence-electron chi connectivity index (χ3n) is 3.12. The zero-order valence-corrected chi connectivity index (χ0v) is 13.1. The summed E-state index contributed by atoms with van der Waals surface area (Å²) < 4.78 is 5.13. The molecule has 1 atom stereocenters. The summed E-state index contributed by atoms with van der Waals surface area (Å²) in [6.07, 6.45) is 5.29. The van der Waals surface area contributed by atoms with Gasteiger partial charge in [0.25, 0.3) is 0 Å². The van der Waals surface area contributed by atoms with Crippen molar-refractivity contribution in [3.05, 3.63) is 29.3 Å². The summed E-state index contributed by atoms with van der Waals surface area (Å²) in [6, 6.07) is 7.12. The molecule has 0 aliphatic rings. The molecule has 0 spiro atoms. The van der Waals surface area contributed by atoms with Crippen LogP contribution in [0.4, 0.5) is 5.69 Å². The first-order chi connectivity index (χ1) is 9.69.